The SMILES string of the molecule is CCSC1=C(SCC)SC(=c2sc(=S)/c(=C3\SC=C(C(=O)OC)S3)s2)S1. The third-order valence-electron chi connectivity index (χ3n) is 2.87. The van der Waals surface area contributed by atoms with E-state index in [1.165, 1.54) is 35.4 Å². The molecule has 140 valence electrons. The molecule has 26 heavy (non-hydrogen) atoms. The second-order valence-corrected chi connectivity index (χ2v) is 15.0. The van der Waals surface area contributed by atoms with Gasteiger partial charge >= 0.3 is 5.97 Å². The number of thioether (sulfide) groups is 6. The monoisotopic (exact) mass is 514 g/mol. The summed E-state index contributed by atoms with van der Waals surface area (Å²) in [7, 11) is 1.41. The molecule has 2 aliphatic rings. The normalized spacial score (nSPS) is 19.3. The Kier molecular flexibility index (Phi) is 8.54. The lowest BCUT2D eigenvalue weighted by molar-refractivity contribution is -0.135. The minimum absolute atomic E-state index is 0.285. The Morgan fingerprint density at radius 2 is 1.73 bits per heavy atom. The van der Waals surface area contributed by atoms with Crippen LogP contribution in [0.2, 0.25) is 0 Å². The highest BCUT2D eigenvalue weighted by molar-refractivity contribution is 8.45. The van der Waals surface area contributed by atoms with E-state index in [9.17, 15) is 4.79 Å². The lowest BCUT2D eigenvalue weighted by atomic mass is 10.6. The van der Waals surface area contributed by atoms with Crippen LogP contribution >= 0.6 is 105 Å². The number of hydrogen-bond donors (Lipinski definition) is 0. The maximum Gasteiger partial charge on any atom is 0.345 e. The molecule has 0 radical (unpaired) electrons. The molecule has 3 heterocycles. The average Bonchev–Trinajstić information content (AvgIpc) is 3.34. The molecule has 0 bridgehead atoms. The molecule has 0 atom stereocenters. The Labute approximate surface area is 191 Å². The standard InChI is InChI=1S/C15H14O2S9/c1-4-19-12-13(20-5-2)26-15(25-12)14-23-8(10(18)24-14)11-21-6-7(22-11)9(16)17-3/h6H,4-5H2,1-3H3/b11-8-. The number of hydrogen-bond acceptors (Lipinski definition) is 11. The highest BCUT2D eigenvalue weighted by atomic mass is 32.3. The smallest absolute Gasteiger partial charge is 0.345 e. The van der Waals surface area contributed by atoms with Gasteiger partial charge in [0, 0.05) is 0 Å². The van der Waals surface area contributed by atoms with E-state index < -0.39 is 0 Å². The lowest BCUT2D eigenvalue weighted by Gasteiger charge is -1.99. The second-order valence-electron chi connectivity index (χ2n) is 4.52. The fraction of sp³-hybridized carbons (Fsp3) is 0.333. The summed E-state index contributed by atoms with van der Waals surface area (Å²) in [5.41, 5.74) is 0. The van der Waals surface area contributed by atoms with E-state index in [0.717, 1.165) is 24.1 Å². The first kappa shape index (κ1) is 21.8. The third kappa shape index (κ3) is 4.96. The molecule has 0 amide bonds. The van der Waals surface area contributed by atoms with Gasteiger partial charge in [-0.15, -0.1) is 46.2 Å². The van der Waals surface area contributed by atoms with Crippen LogP contribution in [-0.2, 0) is 9.53 Å². The van der Waals surface area contributed by atoms with Crippen molar-refractivity contribution in [3.63, 3.8) is 0 Å². The van der Waals surface area contributed by atoms with Crippen LogP contribution < -0.4 is 8.38 Å². The molecule has 0 saturated heterocycles. The lowest BCUT2D eigenvalue weighted by Crippen LogP contribution is -2.00. The fourth-order valence-corrected chi connectivity index (χ4v) is 13.4. The van der Waals surface area contributed by atoms with Crippen LogP contribution in [0.25, 0.3) is 8.47 Å². The van der Waals surface area contributed by atoms with Gasteiger partial charge in [0.15, 0.2) is 0 Å². The molecule has 2 nitrogen and oxygen atoms in total. The molecular formula is C15H14O2S9. The van der Waals surface area contributed by atoms with Gasteiger partial charge in [-0.1, -0.05) is 73.1 Å². The summed E-state index contributed by atoms with van der Waals surface area (Å²) >= 11 is 19.7. The van der Waals surface area contributed by atoms with Crippen molar-refractivity contribution < 1.29 is 9.53 Å². The van der Waals surface area contributed by atoms with Gasteiger partial charge in [-0.05, 0) is 16.9 Å². The van der Waals surface area contributed by atoms with Gasteiger partial charge in [0.25, 0.3) is 0 Å². The fourth-order valence-electron chi connectivity index (χ4n) is 1.83. The molecule has 0 unspecified atom stereocenters. The Morgan fingerprint density at radius 3 is 2.31 bits per heavy atom. The summed E-state index contributed by atoms with van der Waals surface area (Å²) < 4.78 is 13.3. The molecule has 1 aromatic heterocycles. The zero-order valence-electron chi connectivity index (χ0n) is 14.0. The molecule has 0 saturated carbocycles. The van der Waals surface area contributed by atoms with Gasteiger partial charge in [-0.2, -0.15) is 0 Å². The van der Waals surface area contributed by atoms with Gasteiger partial charge in [0.1, 0.15) is 12.6 Å². The summed E-state index contributed by atoms with van der Waals surface area (Å²) in [6, 6.07) is 0. The number of carbonyl (C=O) groups excluding carboxylic acids is 1. The average molecular weight is 515 g/mol. The number of ether oxygens (including phenoxy) is 1. The molecule has 11 heteroatoms. The minimum Gasteiger partial charge on any atom is -0.465 e. The van der Waals surface area contributed by atoms with Gasteiger partial charge < -0.3 is 4.74 Å². The predicted molar refractivity (Wildman–Crippen MR) is 133 cm³/mol. The van der Waals surface area contributed by atoms with Crippen molar-refractivity contribution in [1.82, 2.24) is 0 Å². The van der Waals surface area contributed by atoms with Crippen molar-refractivity contribution in [3.8, 4) is 0 Å². The van der Waals surface area contributed by atoms with Crippen LogP contribution in [0.1, 0.15) is 13.8 Å². The zero-order valence-corrected chi connectivity index (χ0v) is 21.3. The first-order valence-corrected chi connectivity index (χ1v) is 14.8. The number of rotatable bonds is 5. The summed E-state index contributed by atoms with van der Waals surface area (Å²) in [4.78, 5) is 12.3. The summed E-state index contributed by atoms with van der Waals surface area (Å²) in [5, 5.41) is 1.85. The van der Waals surface area contributed by atoms with E-state index >= 15 is 0 Å². The van der Waals surface area contributed by atoms with Crippen molar-refractivity contribution in [1.29, 1.82) is 0 Å². The van der Waals surface area contributed by atoms with Gasteiger partial charge in [-0.3, -0.25) is 0 Å². The highest BCUT2D eigenvalue weighted by Crippen LogP contribution is 2.57. The van der Waals surface area contributed by atoms with Crippen molar-refractivity contribution in [2.24, 2.45) is 0 Å². The number of methoxy groups -OCH3 is 1. The van der Waals surface area contributed by atoms with Crippen molar-refractivity contribution in [2.45, 2.75) is 13.8 Å². The summed E-state index contributed by atoms with van der Waals surface area (Å²) in [6.07, 6.45) is 0. The Morgan fingerprint density at radius 1 is 1.08 bits per heavy atom. The Bertz CT molecular complexity index is 930. The molecule has 3 rings (SSSR count). The summed E-state index contributed by atoms with van der Waals surface area (Å²) in [5.74, 6) is 1.89. The van der Waals surface area contributed by atoms with E-state index in [-0.39, 0.29) is 5.97 Å². The van der Waals surface area contributed by atoms with E-state index in [4.69, 9.17) is 17.0 Å². The molecule has 0 fully saturated rings. The Balaban J connectivity index is 1.93. The van der Waals surface area contributed by atoms with E-state index in [1.54, 1.807) is 34.4 Å². The van der Waals surface area contributed by atoms with Crippen LogP contribution in [0.5, 0.6) is 0 Å². The van der Waals surface area contributed by atoms with Crippen LogP contribution in [-0.4, -0.2) is 24.6 Å². The predicted octanol–water partition coefficient (Wildman–Crippen LogP) is 6.28. The maximum atomic E-state index is 11.7. The van der Waals surface area contributed by atoms with Crippen molar-refractivity contribution >= 4 is 120 Å². The first-order chi connectivity index (χ1) is 12.6. The molecule has 2 aliphatic heterocycles. The van der Waals surface area contributed by atoms with Crippen LogP contribution in [0.3, 0.4) is 0 Å². The van der Waals surface area contributed by atoms with Gasteiger partial charge in [-0.25, -0.2) is 4.79 Å². The molecule has 0 aromatic carbocycles. The molecule has 0 aliphatic carbocycles. The van der Waals surface area contributed by atoms with Gasteiger partial charge in [0.05, 0.1) is 28.6 Å². The largest absolute Gasteiger partial charge is 0.465 e. The Hall–Kier alpha value is 1.06. The molecule has 0 N–H and O–H groups in total. The molecule has 1 aromatic rings. The molecule has 0 spiro atoms. The van der Waals surface area contributed by atoms with E-state index in [1.807, 2.05) is 52.5 Å². The highest BCUT2D eigenvalue weighted by Gasteiger charge is 2.24. The van der Waals surface area contributed by atoms with Crippen LogP contribution in [0.4, 0.5) is 0 Å². The third-order valence-corrected chi connectivity index (χ3v) is 14.3. The maximum absolute atomic E-state index is 11.7. The minimum atomic E-state index is -0.285. The van der Waals surface area contributed by atoms with E-state index in [2.05, 4.69) is 13.8 Å². The van der Waals surface area contributed by atoms with Crippen molar-refractivity contribution in [3.05, 3.63) is 31.0 Å². The van der Waals surface area contributed by atoms with Crippen LogP contribution in [0.15, 0.2) is 18.8 Å². The zero-order chi connectivity index (χ0) is 18.7. The number of esters is 1. The number of carbonyl (C=O) groups is 1. The quantitative estimate of drug-likeness (QED) is 0.332. The summed E-state index contributed by atoms with van der Waals surface area (Å²) in [6.45, 7) is 4.39. The second kappa shape index (κ2) is 10.2. The first-order valence-electron chi connectivity index (χ1n) is 7.44. The van der Waals surface area contributed by atoms with Crippen LogP contribution in [0, 0.1) is 3.82 Å². The van der Waals surface area contributed by atoms with Crippen molar-refractivity contribution in [2.75, 3.05) is 18.6 Å². The van der Waals surface area contributed by atoms with E-state index in [0.29, 0.717) is 4.91 Å². The van der Waals surface area contributed by atoms with Gasteiger partial charge in [0.2, 0.25) is 0 Å². The topological polar surface area (TPSA) is 26.3 Å². The molecular weight excluding hydrogens is 501 g/mol.